The zero-order valence-corrected chi connectivity index (χ0v) is 18.2. The van der Waals surface area contributed by atoms with Crippen LogP contribution in [0.15, 0.2) is 34.4 Å². The third kappa shape index (κ3) is 2.93. The van der Waals surface area contributed by atoms with E-state index in [4.69, 9.17) is 4.98 Å². The molecule has 2 N–H and O–H groups in total. The molecule has 4 fully saturated rings. The van der Waals surface area contributed by atoms with Crippen molar-refractivity contribution in [2.45, 2.75) is 38.0 Å². The maximum Gasteiger partial charge on any atom is 0.267 e. The molecule has 4 aliphatic rings. The lowest BCUT2D eigenvalue weighted by Crippen LogP contribution is -2.43. The van der Waals surface area contributed by atoms with Crippen LogP contribution >= 0.6 is 11.3 Å². The van der Waals surface area contributed by atoms with Crippen LogP contribution in [0, 0.1) is 23.7 Å². The van der Waals surface area contributed by atoms with Crippen LogP contribution in [0.25, 0.3) is 10.9 Å². The van der Waals surface area contributed by atoms with E-state index in [0.717, 1.165) is 29.4 Å². The molecule has 0 atom stereocenters. The van der Waals surface area contributed by atoms with E-state index in [1.54, 1.807) is 31.3 Å². The fraction of sp³-hybridized carbons (Fsp3) is 0.458. The lowest BCUT2D eigenvalue weighted by atomic mass is 9.51. The SMILES string of the molecule is Cn1c(=O)c(C(=O)Nc2nc(C3C4CC5CC(C4)CC3C5)cs2)c(O)c2ccccc21. The first-order chi connectivity index (χ1) is 15.0. The van der Waals surface area contributed by atoms with Gasteiger partial charge in [0.2, 0.25) is 0 Å². The van der Waals surface area contributed by atoms with E-state index in [2.05, 4.69) is 10.7 Å². The van der Waals surface area contributed by atoms with Gasteiger partial charge in [0.15, 0.2) is 5.13 Å². The topological polar surface area (TPSA) is 84.2 Å². The molecule has 2 heterocycles. The van der Waals surface area contributed by atoms with Gasteiger partial charge in [0, 0.05) is 23.7 Å². The van der Waals surface area contributed by atoms with Gasteiger partial charge in [-0.25, -0.2) is 4.98 Å². The molecule has 1 amide bonds. The second-order valence-corrected chi connectivity index (χ2v) is 10.5. The molecule has 7 rings (SSSR count). The van der Waals surface area contributed by atoms with Gasteiger partial charge in [-0.3, -0.25) is 14.9 Å². The zero-order chi connectivity index (χ0) is 21.3. The van der Waals surface area contributed by atoms with Crippen molar-refractivity contribution in [1.29, 1.82) is 0 Å². The number of nitrogens with one attached hydrogen (secondary N) is 1. The van der Waals surface area contributed by atoms with Gasteiger partial charge in [-0.2, -0.15) is 0 Å². The number of carbonyl (C=O) groups excluding carboxylic acids is 1. The average Bonchev–Trinajstić information content (AvgIpc) is 3.19. The Labute approximate surface area is 183 Å². The van der Waals surface area contributed by atoms with Gasteiger partial charge >= 0.3 is 0 Å². The molecule has 7 heteroatoms. The summed E-state index contributed by atoms with van der Waals surface area (Å²) >= 11 is 1.40. The minimum absolute atomic E-state index is 0.243. The summed E-state index contributed by atoms with van der Waals surface area (Å²) in [7, 11) is 1.61. The van der Waals surface area contributed by atoms with E-state index in [1.165, 1.54) is 48.0 Å². The number of anilines is 1. The first kappa shape index (κ1) is 19.0. The minimum Gasteiger partial charge on any atom is -0.506 e. The first-order valence-electron chi connectivity index (χ1n) is 11.1. The second kappa shape index (κ2) is 6.92. The zero-order valence-electron chi connectivity index (χ0n) is 17.4. The number of aryl methyl sites for hydroxylation is 1. The van der Waals surface area contributed by atoms with E-state index in [0.29, 0.717) is 22.0 Å². The number of carbonyl (C=O) groups is 1. The van der Waals surface area contributed by atoms with Gasteiger partial charge in [0.25, 0.3) is 11.5 Å². The van der Waals surface area contributed by atoms with Crippen LogP contribution in [-0.2, 0) is 7.05 Å². The quantitative estimate of drug-likeness (QED) is 0.635. The number of pyridine rings is 1. The molecule has 4 aliphatic carbocycles. The van der Waals surface area contributed by atoms with Gasteiger partial charge in [-0.05, 0) is 67.9 Å². The average molecular weight is 436 g/mol. The van der Waals surface area contributed by atoms with Gasteiger partial charge in [-0.1, -0.05) is 12.1 Å². The summed E-state index contributed by atoms with van der Waals surface area (Å²) in [5.74, 6) is 2.85. The summed E-state index contributed by atoms with van der Waals surface area (Å²) < 4.78 is 1.39. The molecule has 160 valence electrons. The van der Waals surface area contributed by atoms with Crippen LogP contribution in [0.1, 0.15) is 54.1 Å². The molecule has 3 aromatic rings. The molecule has 0 aliphatic heterocycles. The standard InChI is InChI=1S/C24H25N3O3S/c1-27-18-5-3-2-4-16(18)21(28)20(23(27)30)22(29)26-24-25-17(11-31-24)19-14-7-12-6-13(9-14)10-15(19)8-12/h2-5,11-15,19,28H,6-10H2,1H3,(H,25,26,29). The Morgan fingerprint density at radius 1 is 1.13 bits per heavy atom. The Balaban J connectivity index is 1.29. The lowest BCUT2D eigenvalue weighted by molar-refractivity contribution is -0.00392. The predicted molar refractivity (Wildman–Crippen MR) is 121 cm³/mol. The molecule has 2 aromatic heterocycles. The van der Waals surface area contributed by atoms with Crippen LogP contribution in [0.4, 0.5) is 5.13 Å². The third-order valence-corrected chi connectivity index (χ3v) is 8.59. The van der Waals surface area contributed by atoms with Crippen LogP contribution < -0.4 is 10.9 Å². The summed E-state index contributed by atoms with van der Waals surface area (Å²) in [5, 5.41) is 16.5. The Morgan fingerprint density at radius 2 is 1.81 bits per heavy atom. The predicted octanol–water partition coefficient (Wildman–Crippen LogP) is 4.49. The Morgan fingerprint density at radius 3 is 2.52 bits per heavy atom. The Kier molecular flexibility index (Phi) is 4.25. The number of hydrogen-bond donors (Lipinski definition) is 2. The first-order valence-corrected chi connectivity index (χ1v) is 11.9. The van der Waals surface area contributed by atoms with Gasteiger partial charge in [0.1, 0.15) is 11.3 Å². The number of aromatic hydroxyl groups is 1. The highest BCUT2D eigenvalue weighted by Gasteiger charge is 2.49. The number of benzene rings is 1. The second-order valence-electron chi connectivity index (χ2n) is 9.59. The van der Waals surface area contributed by atoms with E-state index in [-0.39, 0.29) is 11.3 Å². The summed E-state index contributed by atoms with van der Waals surface area (Å²) in [6, 6.07) is 7.01. The highest BCUT2D eigenvalue weighted by Crippen LogP contribution is 2.59. The van der Waals surface area contributed by atoms with Crippen molar-refractivity contribution in [2.24, 2.45) is 30.7 Å². The number of thiazole rings is 1. The molecule has 1 aromatic carbocycles. The number of nitrogens with zero attached hydrogens (tertiary/aromatic N) is 2. The number of aromatic nitrogens is 2. The maximum absolute atomic E-state index is 13.0. The largest absolute Gasteiger partial charge is 0.506 e. The van der Waals surface area contributed by atoms with Gasteiger partial charge in [-0.15, -0.1) is 11.3 Å². The van der Waals surface area contributed by atoms with Crippen molar-refractivity contribution in [3.63, 3.8) is 0 Å². The van der Waals surface area contributed by atoms with Crippen molar-refractivity contribution in [3.05, 3.63) is 51.3 Å². The number of fused-ring (bicyclic) bond motifs is 1. The van der Waals surface area contributed by atoms with Gasteiger partial charge < -0.3 is 9.67 Å². The molecule has 0 saturated heterocycles. The summed E-state index contributed by atoms with van der Waals surface area (Å²) in [4.78, 5) is 30.5. The minimum atomic E-state index is -0.616. The Hall–Kier alpha value is -2.67. The highest BCUT2D eigenvalue weighted by atomic mass is 32.1. The van der Waals surface area contributed by atoms with Crippen LogP contribution in [0.5, 0.6) is 5.75 Å². The molecule has 0 spiro atoms. The fourth-order valence-corrected chi connectivity index (χ4v) is 7.50. The lowest BCUT2D eigenvalue weighted by Gasteiger charge is -2.54. The van der Waals surface area contributed by atoms with Gasteiger partial charge in [0.05, 0.1) is 11.2 Å². The van der Waals surface area contributed by atoms with Crippen molar-refractivity contribution < 1.29 is 9.90 Å². The van der Waals surface area contributed by atoms with Crippen LogP contribution in [-0.4, -0.2) is 20.6 Å². The molecule has 4 bridgehead atoms. The van der Waals surface area contributed by atoms with Crippen molar-refractivity contribution in [2.75, 3.05) is 5.32 Å². The highest BCUT2D eigenvalue weighted by molar-refractivity contribution is 7.14. The van der Waals surface area contributed by atoms with E-state index in [1.807, 2.05) is 0 Å². The smallest absolute Gasteiger partial charge is 0.267 e. The maximum atomic E-state index is 13.0. The number of para-hydroxylation sites is 1. The monoisotopic (exact) mass is 435 g/mol. The molecular formula is C24H25N3O3S. The normalized spacial score (nSPS) is 28.9. The number of amides is 1. The fourth-order valence-electron chi connectivity index (χ4n) is 6.75. The molecular weight excluding hydrogens is 410 g/mol. The number of hydrogen-bond acceptors (Lipinski definition) is 5. The van der Waals surface area contributed by atoms with E-state index in [9.17, 15) is 14.7 Å². The molecule has 6 nitrogen and oxygen atoms in total. The summed E-state index contributed by atoms with van der Waals surface area (Å²) in [6.45, 7) is 0. The molecule has 4 saturated carbocycles. The van der Waals surface area contributed by atoms with Crippen molar-refractivity contribution in [1.82, 2.24) is 9.55 Å². The van der Waals surface area contributed by atoms with Crippen LogP contribution in [0.2, 0.25) is 0 Å². The van der Waals surface area contributed by atoms with E-state index < -0.39 is 11.5 Å². The third-order valence-electron chi connectivity index (χ3n) is 7.81. The van der Waals surface area contributed by atoms with E-state index >= 15 is 0 Å². The molecule has 0 unspecified atom stereocenters. The Bertz CT molecular complexity index is 1230. The number of rotatable bonds is 3. The molecule has 0 radical (unpaired) electrons. The van der Waals surface area contributed by atoms with Crippen LogP contribution in [0.3, 0.4) is 0 Å². The van der Waals surface area contributed by atoms with Crippen molar-refractivity contribution >= 4 is 33.3 Å². The summed E-state index contributed by atoms with van der Waals surface area (Å²) in [6.07, 6.45) is 6.69. The van der Waals surface area contributed by atoms with Crippen molar-refractivity contribution in [3.8, 4) is 5.75 Å². The molecule has 31 heavy (non-hydrogen) atoms. The summed E-state index contributed by atoms with van der Waals surface area (Å²) in [5.41, 5.74) is 0.906.